The lowest BCUT2D eigenvalue weighted by Gasteiger charge is -2.05. The zero-order valence-corrected chi connectivity index (χ0v) is 10.2. The summed E-state index contributed by atoms with van der Waals surface area (Å²) >= 11 is 0. The van der Waals surface area contributed by atoms with Crippen molar-refractivity contribution in [2.75, 3.05) is 19.8 Å². The van der Waals surface area contributed by atoms with Crippen molar-refractivity contribution in [1.82, 2.24) is 5.32 Å². The van der Waals surface area contributed by atoms with Gasteiger partial charge in [0.1, 0.15) is 6.61 Å². The van der Waals surface area contributed by atoms with Crippen LogP contribution in [0.4, 0.5) is 0 Å². The molecule has 0 saturated heterocycles. The van der Waals surface area contributed by atoms with Gasteiger partial charge in [-0.1, -0.05) is 39.5 Å². The normalized spacial score (nSPS) is 10.3. The lowest BCUT2D eigenvalue weighted by Crippen LogP contribution is -2.28. The van der Waals surface area contributed by atoms with Crippen LogP contribution in [-0.2, 0) is 9.53 Å². The Morgan fingerprint density at radius 1 is 1.07 bits per heavy atom. The van der Waals surface area contributed by atoms with E-state index in [1.807, 2.05) is 6.92 Å². The molecule has 0 unspecified atom stereocenters. The zero-order valence-electron chi connectivity index (χ0n) is 10.2. The molecule has 0 bridgehead atoms. The van der Waals surface area contributed by atoms with Crippen molar-refractivity contribution in [2.45, 2.75) is 52.4 Å². The topological polar surface area (TPSA) is 38.3 Å². The second kappa shape index (κ2) is 11.5. The van der Waals surface area contributed by atoms with Crippen molar-refractivity contribution in [1.29, 1.82) is 0 Å². The molecule has 0 fully saturated rings. The van der Waals surface area contributed by atoms with Crippen LogP contribution in [0.1, 0.15) is 52.4 Å². The molecule has 0 saturated carbocycles. The molecule has 0 aliphatic carbocycles. The summed E-state index contributed by atoms with van der Waals surface area (Å²) in [4.78, 5) is 11.2. The lowest BCUT2D eigenvalue weighted by molar-refractivity contribution is -0.125. The van der Waals surface area contributed by atoms with Gasteiger partial charge in [0.25, 0.3) is 0 Å². The second-order valence-corrected chi connectivity index (χ2v) is 3.82. The van der Waals surface area contributed by atoms with Crippen LogP contribution in [0.3, 0.4) is 0 Å². The van der Waals surface area contributed by atoms with E-state index < -0.39 is 0 Å². The highest BCUT2D eigenvalue weighted by Crippen LogP contribution is 2.00. The number of rotatable bonds is 10. The number of hydrogen-bond donors (Lipinski definition) is 1. The van der Waals surface area contributed by atoms with Crippen molar-refractivity contribution in [2.24, 2.45) is 0 Å². The zero-order chi connectivity index (χ0) is 11.4. The average molecular weight is 215 g/mol. The quantitative estimate of drug-likeness (QED) is 0.569. The molecular weight excluding hydrogens is 190 g/mol. The van der Waals surface area contributed by atoms with E-state index in [4.69, 9.17) is 4.74 Å². The molecule has 0 aromatic heterocycles. The van der Waals surface area contributed by atoms with E-state index in [-0.39, 0.29) is 12.5 Å². The van der Waals surface area contributed by atoms with Crippen LogP contribution in [0.25, 0.3) is 0 Å². The molecule has 1 amide bonds. The third-order valence-corrected chi connectivity index (χ3v) is 2.18. The van der Waals surface area contributed by atoms with Gasteiger partial charge in [0.2, 0.25) is 5.91 Å². The number of ether oxygens (including phenoxy) is 1. The van der Waals surface area contributed by atoms with E-state index in [2.05, 4.69) is 12.2 Å². The minimum Gasteiger partial charge on any atom is -0.372 e. The fourth-order valence-electron chi connectivity index (χ4n) is 1.32. The van der Waals surface area contributed by atoms with E-state index in [0.717, 1.165) is 19.4 Å². The van der Waals surface area contributed by atoms with Gasteiger partial charge < -0.3 is 10.1 Å². The maximum absolute atomic E-state index is 11.2. The predicted octanol–water partition coefficient (Wildman–Crippen LogP) is 2.50. The monoisotopic (exact) mass is 215 g/mol. The summed E-state index contributed by atoms with van der Waals surface area (Å²) in [5.74, 6) is 0.0129. The Kier molecular flexibility index (Phi) is 11.1. The third kappa shape index (κ3) is 11.4. The summed E-state index contributed by atoms with van der Waals surface area (Å²) in [6, 6.07) is 0. The predicted molar refractivity (Wildman–Crippen MR) is 62.9 cm³/mol. The Hall–Kier alpha value is -0.570. The molecule has 90 valence electrons. The molecule has 0 atom stereocenters. The summed E-state index contributed by atoms with van der Waals surface area (Å²) in [5, 5.41) is 2.85. The van der Waals surface area contributed by atoms with Crippen LogP contribution in [0, 0.1) is 0 Å². The van der Waals surface area contributed by atoms with E-state index in [0.29, 0.717) is 6.61 Å². The van der Waals surface area contributed by atoms with Crippen LogP contribution in [0.5, 0.6) is 0 Å². The van der Waals surface area contributed by atoms with Gasteiger partial charge in [-0.15, -0.1) is 0 Å². The molecule has 0 radical (unpaired) electrons. The van der Waals surface area contributed by atoms with E-state index in [1.54, 1.807) is 0 Å². The van der Waals surface area contributed by atoms with Gasteiger partial charge in [0.15, 0.2) is 0 Å². The van der Waals surface area contributed by atoms with Crippen LogP contribution in [0.15, 0.2) is 0 Å². The molecule has 3 nitrogen and oxygen atoms in total. The molecule has 0 aliphatic heterocycles. The molecule has 0 heterocycles. The standard InChI is InChI=1S/C12H25NO2/c1-3-5-6-7-8-9-13-12(14)11-15-10-4-2/h3-11H2,1-2H3,(H,13,14). The Bertz CT molecular complexity index is 149. The molecular formula is C12H25NO2. The minimum absolute atomic E-state index is 0.0129. The Balaban J connectivity index is 3.10. The highest BCUT2D eigenvalue weighted by atomic mass is 16.5. The first kappa shape index (κ1) is 14.4. The first-order chi connectivity index (χ1) is 7.31. The maximum atomic E-state index is 11.2. The van der Waals surface area contributed by atoms with Gasteiger partial charge in [-0.05, 0) is 12.8 Å². The number of hydrogen-bond acceptors (Lipinski definition) is 2. The summed E-state index contributed by atoms with van der Waals surface area (Å²) in [5.41, 5.74) is 0. The van der Waals surface area contributed by atoms with Crippen molar-refractivity contribution in [3.8, 4) is 0 Å². The first-order valence-corrected chi connectivity index (χ1v) is 6.15. The van der Waals surface area contributed by atoms with Crippen LogP contribution < -0.4 is 5.32 Å². The summed E-state index contributed by atoms with van der Waals surface area (Å²) < 4.78 is 5.13. The highest BCUT2D eigenvalue weighted by Gasteiger charge is 1.99. The second-order valence-electron chi connectivity index (χ2n) is 3.82. The summed E-state index contributed by atoms with van der Waals surface area (Å²) in [7, 11) is 0. The molecule has 0 aromatic carbocycles. The van der Waals surface area contributed by atoms with E-state index >= 15 is 0 Å². The van der Waals surface area contributed by atoms with Crippen LogP contribution in [-0.4, -0.2) is 25.7 Å². The number of carbonyl (C=O) groups is 1. The smallest absolute Gasteiger partial charge is 0.245 e. The van der Waals surface area contributed by atoms with Gasteiger partial charge >= 0.3 is 0 Å². The van der Waals surface area contributed by atoms with Gasteiger partial charge in [0, 0.05) is 13.2 Å². The number of carbonyl (C=O) groups excluding carboxylic acids is 1. The maximum Gasteiger partial charge on any atom is 0.245 e. The average Bonchev–Trinajstić information content (AvgIpc) is 2.23. The van der Waals surface area contributed by atoms with Gasteiger partial charge in [-0.25, -0.2) is 0 Å². The SMILES string of the molecule is CCCCCCCNC(=O)COCCC. The molecule has 15 heavy (non-hydrogen) atoms. The molecule has 0 aromatic rings. The lowest BCUT2D eigenvalue weighted by atomic mass is 10.1. The number of nitrogens with one attached hydrogen (secondary N) is 1. The molecule has 0 rings (SSSR count). The summed E-state index contributed by atoms with van der Waals surface area (Å²) in [6.07, 6.45) is 7.09. The number of unbranched alkanes of at least 4 members (excludes halogenated alkanes) is 4. The minimum atomic E-state index is 0.0129. The molecule has 3 heteroatoms. The molecule has 0 aliphatic rings. The van der Waals surface area contributed by atoms with Crippen molar-refractivity contribution in [3.05, 3.63) is 0 Å². The first-order valence-electron chi connectivity index (χ1n) is 6.15. The highest BCUT2D eigenvalue weighted by molar-refractivity contribution is 5.77. The largest absolute Gasteiger partial charge is 0.372 e. The fourth-order valence-corrected chi connectivity index (χ4v) is 1.32. The van der Waals surface area contributed by atoms with Gasteiger partial charge in [-0.2, -0.15) is 0 Å². The van der Waals surface area contributed by atoms with E-state index in [1.165, 1.54) is 25.7 Å². The van der Waals surface area contributed by atoms with Gasteiger partial charge in [0.05, 0.1) is 0 Å². The Morgan fingerprint density at radius 3 is 2.47 bits per heavy atom. The van der Waals surface area contributed by atoms with Crippen molar-refractivity contribution >= 4 is 5.91 Å². The Morgan fingerprint density at radius 2 is 1.80 bits per heavy atom. The van der Waals surface area contributed by atoms with Crippen molar-refractivity contribution < 1.29 is 9.53 Å². The summed E-state index contributed by atoms with van der Waals surface area (Å²) in [6.45, 7) is 5.91. The van der Waals surface area contributed by atoms with Crippen LogP contribution in [0.2, 0.25) is 0 Å². The van der Waals surface area contributed by atoms with Crippen LogP contribution >= 0.6 is 0 Å². The van der Waals surface area contributed by atoms with E-state index in [9.17, 15) is 4.79 Å². The third-order valence-electron chi connectivity index (χ3n) is 2.18. The Labute approximate surface area is 93.6 Å². The number of amides is 1. The van der Waals surface area contributed by atoms with Crippen molar-refractivity contribution in [3.63, 3.8) is 0 Å². The fraction of sp³-hybridized carbons (Fsp3) is 0.917. The molecule has 1 N–H and O–H groups in total. The molecule has 0 spiro atoms. The van der Waals surface area contributed by atoms with Gasteiger partial charge in [-0.3, -0.25) is 4.79 Å².